The lowest BCUT2D eigenvalue weighted by Gasteiger charge is -2.31. The third-order valence-corrected chi connectivity index (χ3v) is 14.3. The number of benzene rings is 8. The molecule has 0 saturated heterocycles. The molecule has 1 saturated carbocycles. The molecule has 57 heavy (non-hydrogen) atoms. The first kappa shape index (κ1) is 34.3. The van der Waals surface area contributed by atoms with Gasteiger partial charge in [-0.2, -0.15) is 0 Å². The van der Waals surface area contributed by atoms with Crippen molar-refractivity contribution in [1.29, 1.82) is 0 Å². The lowest BCUT2D eigenvalue weighted by atomic mass is 9.80. The Morgan fingerprint density at radius 3 is 2.07 bits per heavy atom. The van der Waals surface area contributed by atoms with Gasteiger partial charge in [0.05, 0.1) is 11.4 Å². The maximum atomic E-state index is 2.57. The molecule has 8 aromatic carbocycles. The highest BCUT2D eigenvalue weighted by Gasteiger charge is 2.38. The van der Waals surface area contributed by atoms with E-state index in [-0.39, 0.29) is 5.41 Å². The van der Waals surface area contributed by atoms with E-state index in [0.29, 0.717) is 5.92 Å². The van der Waals surface area contributed by atoms with Crippen LogP contribution in [0.25, 0.3) is 64.3 Å². The van der Waals surface area contributed by atoms with Gasteiger partial charge >= 0.3 is 0 Å². The van der Waals surface area contributed by atoms with Crippen LogP contribution in [-0.2, 0) is 5.41 Å². The molecule has 0 amide bonds. The van der Waals surface area contributed by atoms with Gasteiger partial charge in [0.25, 0.3) is 0 Å². The quantitative estimate of drug-likeness (QED) is 0.164. The molecule has 2 aliphatic carbocycles. The van der Waals surface area contributed by atoms with Gasteiger partial charge in [0.1, 0.15) is 0 Å². The molecular weight excluding hydrogens is 707 g/mol. The zero-order chi connectivity index (χ0) is 38.1. The molecule has 1 aromatic heterocycles. The Hall–Kier alpha value is -5.96. The molecule has 1 fully saturated rings. The molecule has 11 rings (SSSR count). The molecule has 2 aliphatic rings. The average molecular weight is 752 g/mol. The van der Waals surface area contributed by atoms with E-state index in [1.54, 1.807) is 0 Å². The molecule has 0 bridgehead atoms. The first-order chi connectivity index (χ1) is 28.1. The van der Waals surface area contributed by atoms with E-state index in [9.17, 15) is 0 Å². The van der Waals surface area contributed by atoms with Crippen molar-refractivity contribution >= 4 is 59.3 Å². The maximum Gasteiger partial charge on any atom is 0.0543 e. The predicted octanol–water partition coefficient (Wildman–Crippen LogP) is 16.4. The molecule has 0 spiro atoms. The second-order valence-electron chi connectivity index (χ2n) is 16.6. The van der Waals surface area contributed by atoms with Crippen LogP contribution in [0.2, 0.25) is 0 Å². The molecular formula is C55H45NS. The highest BCUT2D eigenvalue weighted by atomic mass is 32.1. The van der Waals surface area contributed by atoms with Crippen LogP contribution >= 0.6 is 11.3 Å². The number of hydrogen-bond donors (Lipinski definition) is 0. The van der Waals surface area contributed by atoms with Crippen LogP contribution in [0, 0.1) is 0 Å². The molecule has 1 nitrogen and oxygen atoms in total. The van der Waals surface area contributed by atoms with E-state index in [1.807, 2.05) is 11.3 Å². The van der Waals surface area contributed by atoms with Crippen molar-refractivity contribution in [1.82, 2.24) is 0 Å². The Kier molecular flexibility index (Phi) is 8.19. The van der Waals surface area contributed by atoms with Gasteiger partial charge in [0.2, 0.25) is 0 Å². The summed E-state index contributed by atoms with van der Waals surface area (Å²) in [7, 11) is 0. The Labute approximate surface area is 339 Å². The zero-order valence-electron chi connectivity index (χ0n) is 32.6. The van der Waals surface area contributed by atoms with E-state index in [2.05, 4.69) is 189 Å². The third kappa shape index (κ3) is 5.49. The number of para-hydroxylation sites is 1. The van der Waals surface area contributed by atoms with Crippen LogP contribution in [0.3, 0.4) is 0 Å². The van der Waals surface area contributed by atoms with Crippen LogP contribution in [0.5, 0.6) is 0 Å². The van der Waals surface area contributed by atoms with E-state index < -0.39 is 0 Å². The molecule has 0 radical (unpaired) electrons. The second kappa shape index (κ2) is 13.6. The first-order valence-electron chi connectivity index (χ1n) is 20.7. The summed E-state index contributed by atoms with van der Waals surface area (Å²) >= 11 is 1.90. The van der Waals surface area contributed by atoms with Gasteiger partial charge in [-0.3, -0.25) is 0 Å². The van der Waals surface area contributed by atoms with Crippen LogP contribution in [-0.4, -0.2) is 0 Å². The van der Waals surface area contributed by atoms with Crippen LogP contribution in [0.15, 0.2) is 170 Å². The van der Waals surface area contributed by atoms with Crippen molar-refractivity contribution < 1.29 is 0 Å². The first-order valence-corrected chi connectivity index (χ1v) is 21.5. The number of nitrogens with zero attached hydrogens (tertiary/aromatic N) is 1. The highest BCUT2D eigenvalue weighted by molar-refractivity contribution is 7.26. The lowest BCUT2D eigenvalue weighted by Crippen LogP contribution is -2.16. The minimum Gasteiger partial charge on any atom is -0.309 e. The summed E-state index contributed by atoms with van der Waals surface area (Å²) in [6.45, 7) is 4.77. The Morgan fingerprint density at radius 2 is 1.18 bits per heavy atom. The summed E-state index contributed by atoms with van der Waals surface area (Å²) in [5.41, 5.74) is 15.4. The van der Waals surface area contributed by atoms with Crippen LogP contribution in [0.4, 0.5) is 17.1 Å². The fraction of sp³-hybridized carbons (Fsp3) is 0.164. The van der Waals surface area contributed by atoms with Crippen molar-refractivity contribution in [3.05, 3.63) is 187 Å². The highest BCUT2D eigenvalue weighted by Crippen LogP contribution is 2.55. The average Bonchev–Trinajstić information content (AvgIpc) is 3.76. The van der Waals surface area contributed by atoms with E-state index >= 15 is 0 Å². The lowest BCUT2D eigenvalue weighted by molar-refractivity contribution is 0.445. The minimum absolute atomic E-state index is 0.115. The molecule has 9 aromatic rings. The van der Waals surface area contributed by atoms with E-state index in [1.165, 1.54) is 124 Å². The summed E-state index contributed by atoms with van der Waals surface area (Å²) in [5.74, 6) is 0.594. The Bertz CT molecular complexity index is 2990. The van der Waals surface area contributed by atoms with E-state index in [0.717, 1.165) is 5.69 Å². The fourth-order valence-electron chi connectivity index (χ4n) is 10.4. The Morgan fingerprint density at radius 1 is 0.526 bits per heavy atom. The monoisotopic (exact) mass is 751 g/mol. The van der Waals surface area contributed by atoms with Gasteiger partial charge in [-0.15, -0.1) is 11.3 Å². The molecule has 2 heteroatoms. The number of anilines is 3. The van der Waals surface area contributed by atoms with Crippen molar-refractivity contribution in [2.45, 2.75) is 57.3 Å². The molecule has 0 N–H and O–H groups in total. The van der Waals surface area contributed by atoms with Crippen LogP contribution in [0.1, 0.15) is 68.6 Å². The number of fused-ring (bicyclic) bond motifs is 7. The standard InChI is InChI=1S/C55H45NS/c1-55(2)47-30-9-6-25-46(47)53-48(55)31-16-33-50(53)56(39-22-12-21-38(35-39)41-27-15-29-45-43-24-8-11-34-51(43)57-54(41)45)49-32-10-7-23-42(49)44-28-14-20-37-19-13-26-40(52(37)44)36-17-4-3-5-18-36/h6-16,19-36H,3-5,17-18H2,1-2H3. The number of thiophene rings is 1. The summed E-state index contributed by atoms with van der Waals surface area (Å²) in [6, 6.07) is 64.1. The summed E-state index contributed by atoms with van der Waals surface area (Å²) in [4.78, 5) is 2.57. The molecule has 0 aliphatic heterocycles. The largest absolute Gasteiger partial charge is 0.309 e. The molecule has 276 valence electrons. The van der Waals surface area contributed by atoms with Gasteiger partial charge in [-0.1, -0.05) is 173 Å². The summed E-state index contributed by atoms with van der Waals surface area (Å²) in [6.07, 6.45) is 6.52. The predicted molar refractivity (Wildman–Crippen MR) is 246 cm³/mol. The van der Waals surface area contributed by atoms with Gasteiger partial charge in [-0.25, -0.2) is 0 Å². The zero-order valence-corrected chi connectivity index (χ0v) is 33.5. The SMILES string of the molecule is CC1(C)c2ccccc2-c2c(N(c3cccc(-c4cccc5c4sc4ccccc45)c3)c3ccccc3-c3cccc4cccc(C5CCCCC5)c34)cccc21. The van der Waals surface area contributed by atoms with Gasteiger partial charge in [-0.05, 0) is 98.8 Å². The maximum absolute atomic E-state index is 2.57. The van der Waals surface area contributed by atoms with Gasteiger partial charge < -0.3 is 4.90 Å². The molecule has 0 unspecified atom stereocenters. The smallest absolute Gasteiger partial charge is 0.0543 e. The topological polar surface area (TPSA) is 3.24 Å². The van der Waals surface area contributed by atoms with Gasteiger partial charge in [0.15, 0.2) is 0 Å². The number of rotatable bonds is 6. The van der Waals surface area contributed by atoms with Crippen molar-refractivity contribution in [3.8, 4) is 33.4 Å². The van der Waals surface area contributed by atoms with E-state index in [4.69, 9.17) is 0 Å². The van der Waals surface area contributed by atoms with Crippen LogP contribution < -0.4 is 4.90 Å². The van der Waals surface area contributed by atoms with Crippen molar-refractivity contribution in [2.24, 2.45) is 0 Å². The Balaban J connectivity index is 1.18. The molecule has 1 heterocycles. The second-order valence-corrected chi connectivity index (χ2v) is 17.7. The third-order valence-electron chi connectivity index (χ3n) is 13.1. The number of hydrogen-bond acceptors (Lipinski definition) is 2. The normalized spacial score (nSPS) is 14.9. The van der Waals surface area contributed by atoms with Crippen molar-refractivity contribution in [2.75, 3.05) is 4.90 Å². The van der Waals surface area contributed by atoms with Crippen molar-refractivity contribution in [3.63, 3.8) is 0 Å². The minimum atomic E-state index is -0.115. The fourth-order valence-corrected chi connectivity index (χ4v) is 11.6. The summed E-state index contributed by atoms with van der Waals surface area (Å²) in [5, 5.41) is 5.39. The summed E-state index contributed by atoms with van der Waals surface area (Å²) < 4.78 is 2.67. The van der Waals surface area contributed by atoms with Gasteiger partial charge in [0, 0.05) is 42.4 Å². The molecule has 0 atom stereocenters.